The second kappa shape index (κ2) is 13.9. The second-order valence-corrected chi connectivity index (χ2v) is 9.76. The van der Waals surface area contributed by atoms with Crippen LogP contribution in [0, 0.1) is 0 Å². The quantitative estimate of drug-likeness (QED) is 0.152. The molecule has 1 fully saturated rings. The summed E-state index contributed by atoms with van der Waals surface area (Å²) in [6.45, 7) is 1.71. The second-order valence-electron chi connectivity index (χ2n) is 7.67. The van der Waals surface area contributed by atoms with E-state index in [9.17, 15) is 22.8 Å². The smallest absolute Gasteiger partial charge is 0.250 e. The molecule has 2 atom stereocenters. The maximum absolute atomic E-state index is 13.6. The van der Waals surface area contributed by atoms with E-state index in [1.165, 1.54) is 16.7 Å². The average Bonchev–Trinajstić information content (AvgIpc) is 3.30. The molecular weight excluding hydrogens is 484 g/mol. The van der Waals surface area contributed by atoms with Crippen LogP contribution in [0.2, 0.25) is 0 Å². The van der Waals surface area contributed by atoms with E-state index in [0.717, 1.165) is 0 Å². The highest BCUT2D eigenvalue weighted by Gasteiger charge is 2.39. The topological polar surface area (TPSA) is 168 Å². The van der Waals surface area contributed by atoms with Crippen LogP contribution >= 0.6 is 12.4 Å². The molecule has 1 aromatic carbocycles. The summed E-state index contributed by atoms with van der Waals surface area (Å²) < 4.78 is 25.7. The lowest BCUT2D eigenvalue weighted by molar-refractivity contribution is -0.136. The molecule has 5 N–H and O–H groups in total. The summed E-state index contributed by atoms with van der Waals surface area (Å²) in [5.41, 5.74) is 11.2. The summed E-state index contributed by atoms with van der Waals surface area (Å²) in [4.78, 5) is 45.0. The maximum Gasteiger partial charge on any atom is 0.250 e. The number of nitrogens with two attached hydrogens (primary N) is 2. The van der Waals surface area contributed by atoms with Gasteiger partial charge in [-0.15, -0.1) is 12.4 Å². The number of halogens is 1. The fourth-order valence-electron chi connectivity index (χ4n) is 3.70. The number of rotatable bonds is 12. The van der Waals surface area contributed by atoms with Gasteiger partial charge in [0.25, 0.3) is 0 Å². The first-order valence-corrected chi connectivity index (χ1v) is 12.5. The van der Waals surface area contributed by atoms with Gasteiger partial charge in [-0.2, -0.15) is 0 Å². The molecule has 2 amide bonds. The van der Waals surface area contributed by atoms with Gasteiger partial charge in [0.05, 0.1) is 18.3 Å². The lowest BCUT2D eigenvalue weighted by Crippen LogP contribution is -2.53. The van der Waals surface area contributed by atoms with Crippen LogP contribution in [0.4, 0.5) is 5.69 Å². The van der Waals surface area contributed by atoms with Crippen molar-refractivity contribution in [1.82, 2.24) is 9.62 Å². The Morgan fingerprint density at radius 1 is 1.29 bits per heavy atom. The van der Waals surface area contributed by atoms with Crippen LogP contribution < -0.4 is 21.1 Å². The van der Waals surface area contributed by atoms with Crippen molar-refractivity contribution < 1.29 is 22.8 Å². The first-order valence-electron chi connectivity index (χ1n) is 10.9. The largest absolute Gasteiger partial charge is 0.370 e. The van der Waals surface area contributed by atoms with E-state index in [2.05, 4.69) is 9.71 Å². The highest BCUT2D eigenvalue weighted by Crippen LogP contribution is 2.25. The van der Waals surface area contributed by atoms with Crippen molar-refractivity contribution in [2.24, 2.45) is 16.5 Å². The number of benzene rings is 1. The van der Waals surface area contributed by atoms with Gasteiger partial charge in [0.2, 0.25) is 21.8 Å². The number of carbonyl (C=O) groups excluding carboxylic acids is 3. The molecule has 1 aliphatic rings. The molecule has 1 saturated heterocycles. The van der Waals surface area contributed by atoms with Crippen molar-refractivity contribution in [1.29, 1.82) is 0 Å². The lowest BCUT2D eigenvalue weighted by atomic mass is 10.1. The standard InChI is InChI=1S/C21H32N6O5S.ClH/c1-2-33(31,32)25-14-19(29)26-13-7-11-18(26)20(30)27(16-8-4-3-5-9-16)17(15-28)10-6-12-24-21(22)23;/h3-5,8-9,15,17-18,25H,2,6-7,10-14H2,1H3,(H4,22,23,24);1H/t17-,18-;/m0./s1. The van der Waals surface area contributed by atoms with E-state index in [1.807, 2.05) is 0 Å². The van der Waals surface area contributed by atoms with Crippen LogP contribution in [0.15, 0.2) is 35.3 Å². The molecule has 1 aliphatic heterocycles. The monoisotopic (exact) mass is 516 g/mol. The number of carbonyl (C=O) groups is 3. The average molecular weight is 517 g/mol. The van der Waals surface area contributed by atoms with Gasteiger partial charge in [-0.1, -0.05) is 18.2 Å². The van der Waals surface area contributed by atoms with Gasteiger partial charge in [0.1, 0.15) is 12.3 Å². The van der Waals surface area contributed by atoms with Crippen LogP contribution in [0.1, 0.15) is 32.6 Å². The number of aldehydes is 1. The van der Waals surface area contributed by atoms with Gasteiger partial charge in [0, 0.05) is 18.8 Å². The molecule has 2 rings (SSSR count). The van der Waals surface area contributed by atoms with E-state index in [1.54, 1.807) is 30.3 Å². The predicted octanol–water partition coefficient (Wildman–Crippen LogP) is -0.00720. The molecule has 0 unspecified atom stereocenters. The Balaban J connectivity index is 0.00000578. The third-order valence-corrected chi connectivity index (χ3v) is 6.74. The highest BCUT2D eigenvalue weighted by atomic mass is 35.5. The van der Waals surface area contributed by atoms with Crippen LogP contribution in [0.3, 0.4) is 0 Å². The van der Waals surface area contributed by atoms with Crippen LogP contribution in [0.25, 0.3) is 0 Å². The number of hydrogen-bond acceptors (Lipinski definition) is 6. The van der Waals surface area contributed by atoms with E-state index in [0.29, 0.717) is 50.7 Å². The minimum absolute atomic E-state index is 0. The molecule has 0 bridgehead atoms. The summed E-state index contributed by atoms with van der Waals surface area (Å²) in [5.74, 6) is -1.06. The zero-order chi connectivity index (χ0) is 24.4. The Labute approximate surface area is 206 Å². The lowest BCUT2D eigenvalue weighted by Gasteiger charge is -2.33. The van der Waals surface area contributed by atoms with Crippen molar-refractivity contribution in [2.75, 3.05) is 30.3 Å². The molecule has 1 heterocycles. The van der Waals surface area contributed by atoms with Crippen LogP contribution in [-0.4, -0.2) is 74.8 Å². The van der Waals surface area contributed by atoms with Crippen LogP contribution in [-0.2, 0) is 24.4 Å². The van der Waals surface area contributed by atoms with Crippen molar-refractivity contribution in [3.8, 4) is 0 Å². The molecule has 1 aromatic rings. The Morgan fingerprint density at radius 2 is 1.97 bits per heavy atom. The minimum atomic E-state index is -3.55. The minimum Gasteiger partial charge on any atom is -0.370 e. The number of guanidine groups is 1. The maximum atomic E-state index is 13.6. The number of sulfonamides is 1. The molecule has 0 spiro atoms. The number of anilines is 1. The van der Waals surface area contributed by atoms with Gasteiger partial charge in [-0.25, -0.2) is 13.1 Å². The van der Waals surface area contributed by atoms with Crippen molar-refractivity contribution >= 4 is 52.2 Å². The fourth-order valence-corrected chi connectivity index (χ4v) is 4.24. The Bertz CT molecular complexity index is 956. The van der Waals surface area contributed by atoms with E-state index in [4.69, 9.17) is 11.5 Å². The highest BCUT2D eigenvalue weighted by molar-refractivity contribution is 7.89. The summed E-state index contributed by atoms with van der Waals surface area (Å²) in [7, 11) is -3.55. The van der Waals surface area contributed by atoms with Gasteiger partial charge in [-0.3, -0.25) is 14.6 Å². The summed E-state index contributed by atoms with van der Waals surface area (Å²) in [6.07, 6.45) is 2.54. The number of hydrogen-bond donors (Lipinski definition) is 3. The Morgan fingerprint density at radius 3 is 2.56 bits per heavy atom. The third-order valence-electron chi connectivity index (χ3n) is 5.39. The van der Waals surface area contributed by atoms with Gasteiger partial charge in [0.15, 0.2) is 5.96 Å². The molecule has 0 radical (unpaired) electrons. The first-order chi connectivity index (χ1) is 15.7. The number of aliphatic imine (C=N–C) groups is 1. The number of likely N-dealkylation sites (tertiary alicyclic amines) is 1. The fraction of sp³-hybridized carbons (Fsp3) is 0.524. The van der Waals surface area contributed by atoms with Gasteiger partial charge < -0.3 is 26.1 Å². The summed E-state index contributed by atoms with van der Waals surface area (Å²) in [5, 5.41) is 0. The van der Waals surface area contributed by atoms with Crippen molar-refractivity contribution in [3.05, 3.63) is 30.3 Å². The van der Waals surface area contributed by atoms with E-state index in [-0.39, 0.29) is 30.0 Å². The van der Waals surface area contributed by atoms with Crippen LogP contribution in [0.5, 0.6) is 0 Å². The predicted molar refractivity (Wildman–Crippen MR) is 133 cm³/mol. The molecule has 34 heavy (non-hydrogen) atoms. The number of nitrogens with zero attached hydrogens (tertiary/aromatic N) is 3. The molecular formula is C21H33ClN6O5S. The normalized spacial score (nSPS) is 16.3. The van der Waals surface area contributed by atoms with E-state index >= 15 is 0 Å². The zero-order valence-electron chi connectivity index (χ0n) is 19.1. The SMILES string of the molecule is CCS(=O)(=O)NCC(=O)N1CCC[C@H]1C(=O)N(c1ccccc1)[C@H](C=O)CCCN=C(N)N.Cl. The third kappa shape index (κ3) is 8.26. The molecule has 11 nitrogen and oxygen atoms in total. The number of nitrogens with one attached hydrogen (secondary N) is 1. The number of amides is 2. The van der Waals surface area contributed by atoms with Crippen molar-refractivity contribution in [2.45, 2.75) is 44.7 Å². The molecule has 190 valence electrons. The Hall–Kier alpha value is -2.70. The zero-order valence-corrected chi connectivity index (χ0v) is 20.8. The van der Waals surface area contributed by atoms with Crippen molar-refractivity contribution in [3.63, 3.8) is 0 Å². The van der Waals surface area contributed by atoms with E-state index < -0.39 is 34.6 Å². The summed E-state index contributed by atoms with van der Waals surface area (Å²) >= 11 is 0. The van der Waals surface area contributed by atoms with Gasteiger partial charge >= 0.3 is 0 Å². The molecule has 0 aromatic heterocycles. The molecule has 13 heteroatoms. The summed E-state index contributed by atoms with van der Waals surface area (Å²) in [6, 6.07) is 7.20. The van der Waals surface area contributed by atoms with Gasteiger partial charge in [-0.05, 0) is 44.7 Å². The Kier molecular flexibility index (Phi) is 12.0. The molecule has 0 aliphatic carbocycles. The first kappa shape index (κ1) is 29.3. The number of para-hydroxylation sites is 1. The molecule has 0 saturated carbocycles.